The van der Waals surface area contributed by atoms with E-state index in [0.717, 1.165) is 12.3 Å². The van der Waals surface area contributed by atoms with Crippen molar-refractivity contribution in [1.82, 2.24) is 5.32 Å². The van der Waals surface area contributed by atoms with E-state index in [1.165, 1.54) is 16.7 Å². The largest absolute Gasteiger partial charge is 0.467 e. The molecule has 0 aliphatic carbocycles. The summed E-state index contributed by atoms with van der Waals surface area (Å²) in [6, 6.07) is 11.0. The van der Waals surface area contributed by atoms with Crippen molar-refractivity contribution in [1.29, 1.82) is 0 Å². The third-order valence-electron chi connectivity index (χ3n) is 3.51. The van der Waals surface area contributed by atoms with Crippen LogP contribution in [0.5, 0.6) is 0 Å². The molecule has 19 heavy (non-hydrogen) atoms. The maximum absolute atomic E-state index is 5.65. The number of rotatable bonds is 5. The van der Waals surface area contributed by atoms with E-state index < -0.39 is 0 Å². The maximum atomic E-state index is 5.65. The van der Waals surface area contributed by atoms with Gasteiger partial charge in [0.1, 0.15) is 5.76 Å². The molecular weight excluding hydrogens is 234 g/mol. The van der Waals surface area contributed by atoms with Crippen LogP contribution in [0.2, 0.25) is 0 Å². The van der Waals surface area contributed by atoms with Gasteiger partial charge in [-0.05, 0) is 42.1 Å². The van der Waals surface area contributed by atoms with Crippen molar-refractivity contribution >= 4 is 0 Å². The predicted octanol–water partition coefficient (Wildman–Crippen LogP) is 4.41. The number of hydrogen-bond acceptors (Lipinski definition) is 2. The first-order chi connectivity index (χ1) is 9.13. The SMILES string of the molecule is CCNC(c1ccc(C(C)C)cc1)c1occc1C. The van der Waals surface area contributed by atoms with Gasteiger partial charge >= 0.3 is 0 Å². The highest BCUT2D eigenvalue weighted by Gasteiger charge is 2.18. The van der Waals surface area contributed by atoms with Crippen LogP contribution in [0.4, 0.5) is 0 Å². The second-order valence-corrected chi connectivity index (χ2v) is 5.28. The van der Waals surface area contributed by atoms with Crippen LogP contribution >= 0.6 is 0 Å². The van der Waals surface area contributed by atoms with Crippen molar-refractivity contribution in [3.63, 3.8) is 0 Å². The van der Waals surface area contributed by atoms with Crippen molar-refractivity contribution in [3.05, 3.63) is 59.0 Å². The van der Waals surface area contributed by atoms with Gasteiger partial charge in [-0.2, -0.15) is 0 Å². The molecule has 0 saturated heterocycles. The van der Waals surface area contributed by atoms with E-state index in [4.69, 9.17) is 4.42 Å². The van der Waals surface area contributed by atoms with Crippen molar-refractivity contribution < 1.29 is 4.42 Å². The average Bonchev–Trinajstić information content (AvgIpc) is 2.82. The highest BCUT2D eigenvalue weighted by molar-refractivity contribution is 5.33. The molecule has 2 heteroatoms. The number of hydrogen-bond donors (Lipinski definition) is 1. The molecule has 0 radical (unpaired) electrons. The minimum absolute atomic E-state index is 0.140. The van der Waals surface area contributed by atoms with Crippen molar-refractivity contribution in [2.45, 2.75) is 39.7 Å². The monoisotopic (exact) mass is 257 g/mol. The molecule has 0 bridgehead atoms. The second-order valence-electron chi connectivity index (χ2n) is 5.28. The van der Waals surface area contributed by atoms with Crippen molar-refractivity contribution in [2.75, 3.05) is 6.54 Å². The summed E-state index contributed by atoms with van der Waals surface area (Å²) in [5, 5.41) is 3.50. The summed E-state index contributed by atoms with van der Waals surface area (Å²) in [6.45, 7) is 9.55. The third-order valence-corrected chi connectivity index (χ3v) is 3.51. The van der Waals surface area contributed by atoms with E-state index in [2.05, 4.69) is 57.3 Å². The molecule has 102 valence electrons. The Kier molecular flexibility index (Phi) is 4.43. The Morgan fingerprint density at radius 1 is 1.05 bits per heavy atom. The quantitative estimate of drug-likeness (QED) is 0.858. The molecule has 0 spiro atoms. The first-order valence-corrected chi connectivity index (χ1v) is 7.00. The molecule has 2 nitrogen and oxygen atoms in total. The Morgan fingerprint density at radius 3 is 2.16 bits per heavy atom. The van der Waals surface area contributed by atoms with Gasteiger partial charge < -0.3 is 9.73 Å². The summed E-state index contributed by atoms with van der Waals surface area (Å²) in [6.07, 6.45) is 1.76. The van der Waals surface area contributed by atoms with E-state index in [0.29, 0.717) is 5.92 Å². The van der Waals surface area contributed by atoms with Gasteiger partial charge in [-0.25, -0.2) is 0 Å². The zero-order valence-corrected chi connectivity index (χ0v) is 12.2. The van der Waals surface area contributed by atoms with Crippen LogP contribution in [0, 0.1) is 6.92 Å². The topological polar surface area (TPSA) is 25.2 Å². The van der Waals surface area contributed by atoms with E-state index >= 15 is 0 Å². The van der Waals surface area contributed by atoms with E-state index in [1.54, 1.807) is 6.26 Å². The van der Waals surface area contributed by atoms with Gasteiger partial charge in [0.15, 0.2) is 0 Å². The van der Waals surface area contributed by atoms with Gasteiger partial charge in [0.2, 0.25) is 0 Å². The summed E-state index contributed by atoms with van der Waals surface area (Å²) < 4.78 is 5.65. The fraction of sp³-hybridized carbons (Fsp3) is 0.412. The van der Waals surface area contributed by atoms with E-state index in [-0.39, 0.29) is 6.04 Å². The third kappa shape index (κ3) is 3.07. The lowest BCUT2D eigenvalue weighted by atomic mass is 9.97. The van der Waals surface area contributed by atoms with Gasteiger partial charge in [0.25, 0.3) is 0 Å². The molecule has 1 aromatic heterocycles. The number of aryl methyl sites for hydroxylation is 1. The second kappa shape index (κ2) is 6.07. The Hall–Kier alpha value is -1.54. The minimum Gasteiger partial charge on any atom is -0.467 e. The Bertz CT molecular complexity index is 510. The first kappa shape index (κ1) is 13.9. The van der Waals surface area contributed by atoms with Gasteiger partial charge in [-0.3, -0.25) is 0 Å². The summed E-state index contributed by atoms with van der Waals surface area (Å²) >= 11 is 0. The van der Waals surface area contributed by atoms with Crippen LogP contribution in [0.3, 0.4) is 0 Å². The van der Waals surface area contributed by atoms with E-state index in [9.17, 15) is 0 Å². The lowest BCUT2D eigenvalue weighted by Crippen LogP contribution is -2.22. The first-order valence-electron chi connectivity index (χ1n) is 7.00. The van der Waals surface area contributed by atoms with Crippen molar-refractivity contribution in [3.8, 4) is 0 Å². The van der Waals surface area contributed by atoms with Crippen molar-refractivity contribution in [2.24, 2.45) is 0 Å². The van der Waals surface area contributed by atoms with Crippen LogP contribution in [0.15, 0.2) is 41.0 Å². The van der Waals surface area contributed by atoms with Gasteiger partial charge in [-0.1, -0.05) is 45.0 Å². The van der Waals surface area contributed by atoms with E-state index in [1.807, 2.05) is 6.07 Å². The average molecular weight is 257 g/mol. The number of benzene rings is 1. The van der Waals surface area contributed by atoms with Crippen LogP contribution in [0.25, 0.3) is 0 Å². The van der Waals surface area contributed by atoms with Gasteiger partial charge in [0, 0.05) is 0 Å². The molecule has 1 aromatic carbocycles. The zero-order valence-electron chi connectivity index (χ0n) is 12.2. The molecule has 1 atom stereocenters. The smallest absolute Gasteiger partial charge is 0.128 e. The summed E-state index contributed by atoms with van der Waals surface area (Å²) in [7, 11) is 0. The molecule has 2 rings (SSSR count). The minimum atomic E-state index is 0.140. The molecule has 0 amide bonds. The number of furan rings is 1. The molecular formula is C17H23NO. The molecule has 1 unspecified atom stereocenters. The fourth-order valence-electron chi connectivity index (χ4n) is 2.32. The zero-order chi connectivity index (χ0) is 13.8. The molecule has 0 saturated carbocycles. The fourth-order valence-corrected chi connectivity index (χ4v) is 2.32. The van der Waals surface area contributed by atoms with Crippen LogP contribution < -0.4 is 5.32 Å². The molecule has 1 N–H and O–H groups in total. The van der Waals surface area contributed by atoms with Gasteiger partial charge in [-0.15, -0.1) is 0 Å². The number of nitrogens with one attached hydrogen (secondary N) is 1. The maximum Gasteiger partial charge on any atom is 0.128 e. The Balaban J connectivity index is 2.31. The molecule has 1 heterocycles. The standard InChI is InChI=1S/C17H23NO/c1-5-18-16(17-13(4)10-11-19-17)15-8-6-14(7-9-15)12(2)3/h6-12,16,18H,5H2,1-4H3. The lowest BCUT2D eigenvalue weighted by Gasteiger charge is -2.18. The normalized spacial score (nSPS) is 12.9. The summed E-state index contributed by atoms with van der Waals surface area (Å²) in [5.41, 5.74) is 3.82. The molecule has 2 aromatic rings. The summed E-state index contributed by atoms with van der Waals surface area (Å²) in [4.78, 5) is 0. The highest BCUT2D eigenvalue weighted by Crippen LogP contribution is 2.27. The molecule has 0 aliphatic heterocycles. The molecule has 0 fully saturated rings. The van der Waals surface area contributed by atoms with Crippen LogP contribution in [-0.2, 0) is 0 Å². The molecule has 0 aliphatic rings. The Morgan fingerprint density at radius 2 is 1.68 bits per heavy atom. The highest BCUT2D eigenvalue weighted by atomic mass is 16.3. The Labute approximate surface area is 115 Å². The predicted molar refractivity (Wildman–Crippen MR) is 79.5 cm³/mol. The lowest BCUT2D eigenvalue weighted by molar-refractivity contribution is 0.449. The van der Waals surface area contributed by atoms with Crippen LogP contribution in [-0.4, -0.2) is 6.54 Å². The van der Waals surface area contributed by atoms with Gasteiger partial charge in [0.05, 0.1) is 12.3 Å². The van der Waals surface area contributed by atoms with Crippen LogP contribution in [0.1, 0.15) is 55.2 Å². The summed E-state index contributed by atoms with van der Waals surface area (Å²) in [5.74, 6) is 1.58.